The molecule has 2 aliphatic rings. The second-order valence-electron chi connectivity index (χ2n) is 3.83. The molecule has 0 aromatic carbocycles. The summed E-state index contributed by atoms with van der Waals surface area (Å²) < 4.78 is 5.59. The normalized spacial score (nSPS) is 23.1. The highest BCUT2D eigenvalue weighted by Gasteiger charge is 2.25. The molecule has 14 heavy (non-hydrogen) atoms. The number of allylic oxidation sites excluding steroid dienone is 1. The van der Waals surface area contributed by atoms with Crippen molar-refractivity contribution in [3.8, 4) is 0 Å². The molecule has 0 saturated heterocycles. The maximum absolute atomic E-state index is 11.5. The fourth-order valence-electron chi connectivity index (χ4n) is 1.58. The predicted molar refractivity (Wildman–Crippen MR) is 52.2 cm³/mol. The summed E-state index contributed by atoms with van der Waals surface area (Å²) in [6, 6.07) is 0. The number of Topliss-reactive ketones (excluding diaryl/α,β-unsaturated/α-hetero) is 1. The van der Waals surface area contributed by atoms with Gasteiger partial charge >= 0.3 is 0 Å². The summed E-state index contributed by atoms with van der Waals surface area (Å²) in [5, 5.41) is 0. The van der Waals surface area contributed by atoms with E-state index in [1.807, 2.05) is 4.90 Å². The zero-order chi connectivity index (χ0) is 9.97. The quantitative estimate of drug-likeness (QED) is 0.717. The molecule has 1 heterocycles. The Morgan fingerprint density at radius 1 is 1.57 bits per heavy atom. The number of hydrogen-bond donors (Lipinski definition) is 1. The number of nitrogens with zero attached hydrogens (tertiary/aromatic N) is 1. The van der Waals surface area contributed by atoms with E-state index >= 15 is 0 Å². The van der Waals surface area contributed by atoms with Crippen LogP contribution in [0.1, 0.15) is 25.7 Å². The van der Waals surface area contributed by atoms with Crippen molar-refractivity contribution in [3.05, 3.63) is 12.0 Å². The van der Waals surface area contributed by atoms with Crippen molar-refractivity contribution in [1.29, 1.82) is 0 Å². The Hall–Kier alpha value is -1.03. The van der Waals surface area contributed by atoms with Crippen molar-refractivity contribution in [1.82, 2.24) is 4.90 Å². The minimum atomic E-state index is 0.113. The summed E-state index contributed by atoms with van der Waals surface area (Å²) in [5.74, 6) is 0.619. The Balaban J connectivity index is 1.97. The van der Waals surface area contributed by atoms with Crippen molar-refractivity contribution in [3.63, 3.8) is 0 Å². The third kappa shape index (κ3) is 1.90. The summed E-state index contributed by atoms with van der Waals surface area (Å²) in [6.07, 6.45) is 5.91. The maximum Gasteiger partial charge on any atom is 0.200 e. The van der Waals surface area contributed by atoms with Gasteiger partial charge in [0.15, 0.2) is 5.76 Å². The van der Waals surface area contributed by atoms with Crippen LogP contribution in [-0.4, -0.2) is 30.0 Å². The van der Waals surface area contributed by atoms with Gasteiger partial charge in [0, 0.05) is 19.2 Å². The predicted octanol–water partition coefficient (Wildman–Crippen LogP) is 0.588. The summed E-state index contributed by atoms with van der Waals surface area (Å²) in [5.41, 5.74) is 5.50. The van der Waals surface area contributed by atoms with Gasteiger partial charge in [0.05, 0.1) is 12.8 Å². The van der Waals surface area contributed by atoms with Crippen LogP contribution in [0.25, 0.3) is 0 Å². The Labute approximate surface area is 83.7 Å². The molecule has 0 aromatic heterocycles. The van der Waals surface area contributed by atoms with Gasteiger partial charge in [-0.15, -0.1) is 0 Å². The molecule has 1 aliphatic heterocycles. The number of hydrogen-bond acceptors (Lipinski definition) is 4. The van der Waals surface area contributed by atoms with Crippen molar-refractivity contribution in [2.24, 2.45) is 5.73 Å². The van der Waals surface area contributed by atoms with E-state index in [4.69, 9.17) is 10.5 Å². The molecule has 0 atom stereocenters. The highest BCUT2D eigenvalue weighted by Crippen LogP contribution is 2.26. The monoisotopic (exact) mass is 196 g/mol. The van der Waals surface area contributed by atoms with E-state index in [0.29, 0.717) is 25.4 Å². The lowest BCUT2D eigenvalue weighted by atomic mass is 9.96. The lowest BCUT2D eigenvalue weighted by molar-refractivity contribution is -0.122. The average molecular weight is 196 g/mol. The van der Waals surface area contributed by atoms with Crippen LogP contribution in [0.3, 0.4) is 0 Å². The van der Waals surface area contributed by atoms with Crippen LogP contribution in [0.15, 0.2) is 12.0 Å². The van der Waals surface area contributed by atoms with Gasteiger partial charge in [0.2, 0.25) is 5.78 Å². The van der Waals surface area contributed by atoms with Gasteiger partial charge in [0.1, 0.15) is 0 Å². The largest absolute Gasteiger partial charge is 0.485 e. The van der Waals surface area contributed by atoms with Crippen molar-refractivity contribution in [2.75, 3.05) is 13.2 Å². The molecule has 2 rings (SSSR count). The second-order valence-corrected chi connectivity index (χ2v) is 3.83. The van der Waals surface area contributed by atoms with E-state index < -0.39 is 0 Å². The molecule has 1 fully saturated rings. The lowest BCUT2D eigenvalue weighted by Crippen LogP contribution is -2.34. The van der Waals surface area contributed by atoms with Crippen molar-refractivity contribution in [2.45, 2.75) is 31.8 Å². The molecule has 4 heteroatoms. The second kappa shape index (κ2) is 4.00. The number of carbonyl (C=O) groups excluding carboxylic acids is 1. The molecular weight excluding hydrogens is 180 g/mol. The Morgan fingerprint density at radius 3 is 2.93 bits per heavy atom. The molecule has 1 aliphatic carbocycles. The zero-order valence-corrected chi connectivity index (χ0v) is 8.24. The van der Waals surface area contributed by atoms with Crippen LogP contribution in [0, 0.1) is 0 Å². The van der Waals surface area contributed by atoms with Crippen LogP contribution in [0.5, 0.6) is 0 Å². The third-order valence-corrected chi connectivity index (χ3v) is 2.78. The van der Waals surface area contributed by atoms with E-state index in [9.17, 15) is 4.79 Å². The van der Waals surface area contributed by atoms with E-state index in [0.717, 1.165) is 12.8 Å². The molecule has 0 amide bonds. The van der Waals surface area contributed by atoms with Crippen molar-refractivity contribution >= 4 is 5.78 Å². The molecule has 1 saturated carbocycles. The number of ketones is 1. The molecule has 78 valence electrons. The van der Waals surface area contributed by atoms with Gasteiger partial charge < -0.3 is 15.4 Å². The fraction of sp³-hybridized carbons (Fsp3) is 0.700. The smallest absolute Gasteiger partial charge is 0.200 e. The van der Waals surface area contributed by atoms with E-state index in [1.165, 1.54) is 6.42 Å². The summed E-state index contributed by atoms with van der Waals surface area (Å²) in [7, 11) is 0. The zero-order valence-electron chi connectivity index (χ0n) is 8.24. The first-order valence-electron chi connectivity index (χ1n) is 5.15. The maximum atomic E-state index is 11.5. The lowest BCUT2D eigenvalue weighted by Gasteiger charge is -2.30. The van der Waals surface area contributed by atoms with Crippen LogP contribution >= 0.6 is 0 Å². The van der Waals surface area contributed by atoms with Gasteiger partial charge in [0.25, 0.3) is 0 Å². The standard InChI is InChI=1S/C10H16N2O2/c11-7-12-5-4-9(13)10(6-12)14-8-2-1-3-8/h6,8H,1-5,7,11H2. The van der Waals surface area contributed by atoms with Crippen LogP contribution in [0.2, 0.25) is 0 Å². The highest BCUT2D eigenvalue weighted by atomic mass is 16.5. The SMILES string of the molecule is NCN1C=C(OC2CCC2)C(=O)CC1. The van der Waals surface area contributed by atoms with E-state index in [-0.39, 0.29) is 11.9 Å². The molecule has 0 spiro atoms. The first-order valence-corrected chi connectivity index (χ1v) is 5.15. The Morgan fingerprint density at radius 2 is 2.36 bits per heavy atom. The molecule has 0 aromatic rings. The van der Waals surface area contributed by atoms with Gasteiger partial charge in [-0.2, -0.15) is 0 Å². The summed E-state index contributed by atoms with van der Waals surface area (Å²) in [4.78, 5) is 13.4. The van der Waals surface area contributed by atoms with Gasteiger partial charge in [-0.05, 0) is 19.3 Å². The van der Waals surface area contributed by atoms with Crippen molar-refractivity contribution < 1.29 is 9.53 Å². The molecule has 2 N–H and O–H groups in total. The Bertz CT molecular complexity index is 259. The average Bonchev–Trinajstić information content (AvgIpc) is 2.14. The van der Waals surface area contributed by atoms with Gasteiger partial charge in [-0.1, -0.05) is 0 Å². The Kier molecular flexibility index (Phi) is 2.72. The van der Waals surface area contributed by atoms with Crippen LogP contribution in [0.4, 0.5) is 0 Å². The number of rotatable bonds is 3. The number of ether oxygens (including phenoxy) is 1. The van der Waals surface area contributed by atoms with E-state index in [1.54, 1.807) is 6.20 Å². The number of carbonyl (C=O) groups is 1. The van der Waals surface area contributed by atoms with Crippen LogP contribution in [-0.2, 0) is 9.53 Å². The third-order valence-electron chi connectivity index (χ3n) is 2.78. The minimum Gasteiger partial charge on any atom is -0.485 e. The highest BCUT2D eigenvalue weighted by molar-refractivity contribution is 5.94. The summed E-state index contributed by atoms with van der Waals surface area (Å²) >= 11 is 0. The minimum absolute atomic E-state index is 0.113. The van der Waals surface area contributed by atoms with Gasteiger partial charge in [-0.25, -0.2) is 0 Å². The molecular formula is C10H16N2O2. The van der Waals surface area contributed by atoms with E-state index in [2.05, 4.69) is 0 Å². The fourth-order valence-corrected chi connectivity index (χ4v) is 1.58. The molecule has 0 unspecified atom stereocenters. The van der Waals surface area contributed by atoms with Gasteiger partial charge in [-0.3, -0.25) is 4.79 Å². The molecule has 4 nitrogen and oxygen atoms in total. The first-order chi connectivity index (χ1) is 6.79. The number of nitrogens with two attached hydrogens (primary N) is 1. The molecule has 0 bridgehead atoms. The molecule has 0 radical (unpaired) electrons. The van der Waals surface area contributed by atoms with Crippen LogP contribution < -0.4 is 5.73 Å². The topological polar surface area (TPSA) is 55.6 Å². The first kappa shape index (κ1) is 9.52. The summed E-state index contributed by atoms with van der Waals surface area (Å²) in [6.45, 7) is 1.16.